The minimum atomic E-state index is -2.46. The minimum Gasteiger partial charge on any atom is -0.460 e. The molecule has 4 aliphatic rings. The number of hydrogen-bond donors (Lipinski definition) is 5. The molecule has 14 heteroatoms. The van der Waals surface area contributed by atoms with E-state index in [-0.39, 0.29) is 80.2 Å². The van der Waals surface area contributed by atoms with Crippen molar-refractivity contribution in [2.75, 3.05) is 26.9 Å². The number of aliphatic hydroxyl groups is 5. The fourth-order valence-corrected chi connectivity index (χ4v) is 10.3. The number of allylic oxidation sites excluding steroid dienone is 6. The topological polar surface area (TPSA) is 217 Å². The highest BCUT2D eigenvalue weighted by Gasteiger charge is 2.53. The molecular formula is C51H79NO13. The van der Waals surface area contributed by atoms with Gasteiger partial charge in [0.15, 0.2) is 5.78 Å². The number of hydrogen-bond acceptors (Lipinski definition) is 13. The zero-order valence-electron chi connectivity index (χ0n) is 40.1. The summed E-state index contributed by atoms with van der Waals surface area (Å²) in [5.74, 6) is -8.94. The molecule has 3 fully saturated rings. The molecular weight excluding hydrogens is 835 g/mol. The molecule has 6 unspecified atom stereocenters. The summed E-state index contributed by atoms with van der Waals surface area (Å²) in [5, 5.41) is 54.1. The number of cyclic esters (lactones) is 1. The summed E-state index contributed by atoms with van der Waals surface area (Å²) in [5.41, 5.74) is 1.22. The smallest absolute Gasteiger partial charge is 0.329 e. The lowest BCUT2D eigenvalue weighted by molar-refractivity contribution is -0.265. The summed E-state index contributed by atoms with van der Waals surface area (Å²) in [6.07, 6.45) is 11.3. The number of methoxy groups -OCH3 is 1. The van der Waals surface area contributed by atoms with Gasteiger partial charge in [-0.05, 0) is 108 Å². The Kier molecular flexibility index (Phi) is 21.0. The number of piperidine rings is 1. The Morgan fingerprint density at radius 2 is 1.60 bits per heavy atom. The van der Waals surface area contributed by atoms with E-state index in [4.69, 9.17) is 14.2 Å². The van der Waals surface area contributed by atoms with E-state index in [1.807, 2.05) is 51.2 Å². The molecule has 5 N–H and O–H groups in total. The van der Waals surface area contributed by atoms with E-state index in [1.54, 1.807) is 33.8 Å². The Hall–Kier alpha value is -3.37. The van der Waals surface area contributed by atoms with Gasteiger partial charge in [-0.15, -0.1) is 0 Å². The number of carbonyl (C=O) groups is 5. The number of rotatable bonds is 6. The number of aliphatic hydroxyl groups excluding tert-OH is 4. The van der Waals surface area contributed by atoms with Crippen molar-refractivity contribution in [3.8, 4) is 0 Å². The third-order valence-electron chi connectivity index (χ3n) is 14.7. The molecule has 65 heavy (non-hydrogen) atoms. The molecule has 3 aliphatic heterocycles. The second-order valence-electron chi connectivity index (χ2n) is 19.9. The predicted molar refractivity (Wildman–Crippen MR) is 245 cm³/mol. The largest absolute Gasteiger partial charge is 0.460 e. The first-order valence-electron chi connectivity index (χ1n) is 24.1. The van der Waals surface area contributed by atoms with Crippen LogP contribution >= 0.6 is 0 Å². The fourth-order valence-electron chi connectivity index (χ4n) is 10.3. The lowest BCUT2D eigenvalue weighted by Crippen LogP contribution is -2.60. The van der Waals surface area contributed by atoms with Crippen molar-refractivity contribution in [1.82, 2.24) is 4.90 Å². The van der Waals surface area contributed by atoms with Crippen LogP contribution in [0.2, 0.25) is 0 Å². The van der Waals surface area contributed by atoms with Gasteiger partial charge >= 0.3 is 5.97 Å². The summed E-state index contributed by atoms with van der Waals surface area (Å²) >= 11 is 0. The highest BCUT2D eigenvalue weighted by molar-refractivity contribution is 6.39. The molecule has 14 nitrogen and oxygen atoms in total. The molecule has 366 valence electrons. The predicted octanol–water partition coefficient (Wildman–Crippen LogP) is 5.37. The minimum absolute atomic E-state index is 0.000906. The summed E-state index contributed by atoms with van der Waals surface area (Å²) in [4.78, 5) is 71.6. The number of carbonyl (C=O) groups excluding carboxylic acids is 5. The van der Waals surface area contributed by atoms with Gasteiger partial charge in [0.1, 0.15) is 30.1 Å². The van der Waals surface area contributed by atoms with Crippen molar-refractivity contribution in [3.05, 3.63) is 47.6 Å². The molecule has 1 aliphatic carbocycles. The first-order valence-corrected chi connectivity index (χ1v) is 24.1. The van der Waals surface area contributed by atoms with Crippen molar-refractivity contribution >= 4 is 29.2 Å². The molecule has 1 saturated carbocycles. The van der Waals surface area contributed by atoms with Crippen LogP contribution in [0.4, 0.5) is 0 Å². The first-order chi connectivity index (χ1) is 30.7. The number of Topliss-reactive ketones (excluding diaryl/α,β-unsaturated/α-hetero) is 3. The average Bonchev–Trinajstić information content (AvgIpc) is 3.28. The van der Waals surface area contributed by atoms with Crippen molar-refractivity contribution in [2.45, 2.75) is 168 Å². The number of nitrogens with zero attached hydrogens (tertiary/aromatic N) is 1. The molecule has 2 bridgehead atoms. The number of ketones is 3. The normalized spacial score (nSPS) is 40.4. The Labute approximate surface area is 386 Å². The zero-order chi connectivity index (χ0) is 48.2. The molecule has 0 aromatic heterocycles. The van der Waals surface area contributed by atoms with E-state index >= 15 is 0 Å². The number of amides is 1. The van der Waals surface area contributed by atoms with Gasteiger partial charge in [0.2, 0.25) is 5.79 Å². The van der Waals surface area contributed by atoms with Gasteiger partial charge in [-0.1, -0.05) is 76.6 Å². The van der Waals surface area contributed by atoms with E-state index in [2.05, 4.69) is 0 Å². The molecule has 4 rings (SSSR count). The number of fused-ring (bicyclic) bond motifs is 3. The van der Waals surface area contributed by atoms with Crippen LogP contribution in [0.15, 0.2) is 47.6 Å². The second kappa shape index (κ2) is 25.1. The lowest BCUT2D eigenvalue weighted by atomic mass is 9.75. The van der Waals surface area contributed by atoms with E-state index in [0.29, 0.717) is 63.4 Å². The summed E-state index contributed by atoms with van der Waals surface area (Å²) in [7, 11) is 1.37. The summed E-state index contributed by atoms with van der Waals surface area (Å²) in [6, 6.07) is -1.17. The Morgan fingerprint density at radius 3 is 2.28 bits per heavy atom. The maximum atomic E-state index is 14.3. The zero-order valence-corrected chi connectivity index (χ0v) is 40.1. The molecule has 1 amide bonds. The van der Waals surface area contributed by atoms with Crippen LogP contribution in [0.5, 0.6) is 0 Å². The highest BCUT2D eigenvalue weighted by atomic mass is 16.6. The summed E-state index contributed by atoms with van der Waals surface area (Å²) < 4.78 is 17.9. The lowest BCUT2D eigenvalue weighted by Gasteiger charge is -2.43. The van der Waals surface area contributed by atoms with Crippen molar-refractivity contribution < 1.29 is 63.7 Å². The van der Waals surface area contributed by atoms with Crippen molar-refractivity contribution in [3.63, 3.8) is 0 Å². The second-order valence-corrected chi connectivity index (χ2v) is 19.9. The van der Waals surface area contributed by atoms with E-state index in [0.717, 1.165) is 10.5 Å². The van der Waals surface area contributed by atoms with Crippen molar-refractivity contribution in [2.24, 2.45) is 47.3 Å². The number of ether oxygens (including phenoxy) is 3. The molecule has 0 radical (unpaired) electrons. The first kappa shape index (κ1) is 54.2. The van der Waals surface area contributed by atoms with Crippen molar-refractivity contribution in [1.29, 1.82) is 0 Å². The number of esters is 1. The van der Waals surface area contributed by atoms with Crippen LogP contribution in [0.25, 0.3) is 0 Å². The quantitative estimate of drug-likeness (QED) is 0.129. The maximum Gasteiger partial charge on any atom is 0.329 e. The van der Waals surface area contributed by atoms with E-state index in [1.165, 1.54) is 7.11 Å². The third-order valence-corrected chi connectivity index (χ3v) is 14.7. The Morgan fingerprint density at radius 1 is 0.877 bits per heavy atom. The van der Waals surface area contributed by atoms with Crippen LogP contribution in [-0.4, -0.2) is 129 Å². The molecule has 0 aromatic carbocycles. The molecule has 0 spiro atoms. The summed E-state index contributed by atoms with van der Waals surface area (Å²) in [6.45, 7) is 12.2. The standard InChI is InChI=1S/C51H79NO13/c1-30-14-10-9-11-15-31(2)38(28-53)26-40-19-17-36(7)51(62,65-40)48(59)49(60)52-21-13-12-16-41(52)50(61)64-44(33(4)24-37-18-20-42(55)39(25-37)29-54)27-43(56)32(3)23-35(6)46(58)47(63-8)45(57)34(5)22-30/h9-11,14-15,23,30,32-34,36-42,44,46-47,53-55,58,62H,12-13,16-22,24-29H2,1-8H3/b11-9+,14-10+,31-15+,35-23+/t30-,32?,33-,34-,36-,37+,38?,39?,40+,41?,42-,44+,46?,47?,51-/m1/s1. The fraction of sp³-hybridized carbons (Fsp3) is 0.745. The van der Waals surface area contributed by atoms with Gasteiger partial charge in [-0.2, -0.15) is 0 Å². The van der Waals surface area contributed by atoms with Crippen LogP contribution in [0, 0.1) is 47.3 Å². The molecule has 2 saturated heterocycles. The Bertz CT molecular complexity index is 1760. The maximum absolute atomic E-state index is 14.3. The third kappa shape index (κ3) is 14.3. The van der Waals surface area contributed by atoms with Gasteiger partial charge in [0.05, 0.1) is 12.2 Å². The molecule has 15 atom stereocenters. The van der Waals surface area contributed by atoms with Crippen LogP contribution in [0.3, 0.4) is 0 Å². The van der Waals surface area contributed by atoms with Crippen LogP contribution < -0.4 is 0 Å². The molecule has 0 aromatic rings. The Balaban J connectivity index is 1.70. The monoisotopic (exact) mass is 914 g/mol. The van der Waals surface area contributed by atoms with E-state index in [9.17, 15) is 49.5 Å². The van der Waals surface area contributed by atoms with Gasteiger partial charge in [0, 0.05) is 62.9 Å². The average molecular weight is 914 g/mol. The van der Waals surface area contributed by atoms with Gasteiger partial charge in [-0.3, -0.25) is 19.2 Å². The molecule has 3 heterocycles. The highest BCUT2D eigenvalue weighted by Crippen LogP contribution is 2.38. The van der Waals surface area contributed by atoms with Gasteiger partial charge in [0.25, 0.3) is 11.7 Å². The van der Waals surface area contributed by atoms with Gasteiger partial charge in [-0.25, -0.2) is 4.79 Å². The van der Waals surface area contributed by atoms with E-state index < -0.39 is 77.8 Å². The van der Waals surface area contributed by atoms with Crippen LogP contribution in [0.1, 0.15) is 126 Å². The SMILES string of the molecule is COC1C(=O)[C@H](C)C[C@H](C)/C=C/C=C/C=C(\C)C(CO)C[C@@H]2CC[C@@H](C)[C@@](O)(O2)C(=O)C(=O)N2CCCCC2C(=O)O[C@H]([C@H](C)C[C@@H]2CC[C@@H](O)C(CO)C2)CC(=O)C(C)/C=C(\C)C1O. The van der Waals surface area contributed by atoms with Gasteiger partial charge < -0.3 is 44.6 Å². The van der Waals surface area contributed by atoms with Crippen LogP contribution in [-0.2, 0) is 38.2 Å².